The van der Waals surface area contributed by atoms with Crippen molar-refractivity contribution in [3.8, 4) is 0 Å². The number of hydrogen-bond donors (Lipinski definition) is 2. The van der Waals surface area contributed by atoms with Gasteiger partial charge in [-0.2, -0.15) is 0 Å². The van der Waals surface area contributed by atoms with Gasteiger partial charge in [0.1, 0.15) is 0 Å². The standard InChI is InChI=1S/C15H17NO/c1-2-14-15(17)12-8-7-10-5-3-4-6-11(10)13(12)9-16-14/h3-8,14-17H,2,9H2,1H3. The molecule has 2 atom stereocenters. The maximum Gasteiger partial charge on any atom is 0.0946 e. The van der Waals surface area contributed by atoms with E-state index in [1.165, 1.54) is 16.3 Å². The second-order valence-electron chi connectivity index (χ2n) is 4.69. The van der Waals surface area contributed by atoms with Gasteiger partial charge in [-0.05, 0) is 28.3 Å². The summed E-state index contributed by atoms with van der Waals surface area (Å²) in [6.07, 6.45) is 0.571. The zero-order valence-corrected chi connectivity index (χ0v) is 9.98. The van der Waals surface area contributed by atoms with E-state index in [2.05, 4.69) is 48.6 Å². The van der Waals surface area contributed by atoms with Gasteiger partial charge in [0.15, 0.2) is 0 Å². The van der Waals surface area contributed by atoms with E-state index in [1.54, 1.807) is 0 Å². The molecule has 1 heterocycles. The molecule has 1 aliphatic heterocycles. The number of benzene rings is 2. The first-order chi connectivity index (χ1) is 8.31. The molecule has 2 N–H and O–H groups in total. The molecule has 88 valence electrons. The Kier molecular flexibility index (Phi) is 2.61. The zero-order valence-electron chi connectivity index (χ0n) is 9.98. The van der Waals surface area contributed by atoms with Crippen molar-refractivity contribution in [3.63, 3.8) is 0 Å². The molecule has 2 nitrogen and oxygen atoms in total. The lowest BCUT2D eigenvalue weighted by Crippen LogP contribution is -2.38. The quantitative estimate of drug-likeness (QED) is 0.785. The highest BCUT2D eigenvalue weighted by Gasteiger charge is 2.26. The SMILES string of the molecule is CCC1NCc2c(ccc3ccccc23)C1O. The van der Waals surface area contributed by atoms with Gasteiger partial charge < -0.3 is 10.4 Å². The Bertz CT molecular complexity index is 550. The van der Waals surface area contributed by atoms with Gasteiger partial charge in [0.05, 0.1) is 6.10 Å². The molecule has 2 unspecified atom stereocenters. The van der Waals surface area contributed by atoms with Crippen LogP contribution in [0.25, 0.3) is 10.8 Å². The molecule has 0 aromatic heterocycles. The Morgan fingerprint density at radius 3 is 2.88 bits per heavy atom. The van der Waals surface area contributed by atoms with Crippen molar-refractivity contribution in [1.29, 1.82) is 0 Å². The Balaban J connectivity index is 2.19. The van der Waals surface area contributed by atoms with Crippen LogP contribution in [-0.2, 0) is 6.54 Å². The van der Waals surface area contributed by atoms with Crippen molar-refractivity contribution in [1.82, 2.24) is 5.32 Å². The molecule has 0 saturated heterocycles. The lowest BCUT2D eigenvalue weighted by Gasteiger charge is -2.31. The van der Waals surface area contributed by atoms with Gasteiger partial charge in [-0.1, -0.05) is 43.3 Å². The fourth-order valence-corrected chi connectivity index (χ4v) is 2.76. The minimum atomic E-state index is -0.381. The fourth-order valence-electron chi connectivity index (χ4n) is 2.76. The molecule has 0 spiro atoms. The van der Waals surface area contributed by atoms with Crippen LogP contribution in [0.2, 0.25) is 0 Å². The number of fused-ring (bicyclic) bond motifs is 3. The molecule has 0 fully saturated rings. The topological polar surface area (TPSA) is 32.3 Å². The molecule has 0 radical (unpaired) electrons. The molecular weight excluding hydrogens is 210 g/mol. The number of hydrogen-bond acceptors (Lipinski definition) is 2. The summed E-state index contributed by atoms with van der Waals surface area (Å²) in [4.78, 5) is 0. The lowest BCUT2D eigenvalue weighted by molar-refractivity contribution is 0.115. The normalized spacial score (nSPS) is 23.6. The van der Waals surface area contributed by atoms with Gasteiger partial charge in [-0.3, -0.25) is 0 Å². The van der Waals surface area contributed by atoms with Crippen LogP contribution in [0, 0.1) is 0 Å². The molecule has 0 bridgehead atoms. The molecule has 0 saturated carbocycles. The van der Waals surface area contributed by atoms with E-state index in [1.807, 2.05) is 0 Å². The first kappa shape index (κ1) is 10.8. The highest BCUT2D eigenvalue weighted by atomic mass is 16.3. The number of aliphatic hydroxyl groups is 1. The van der Waals surface area contributed by atoms with Gasteiger partial charge in [-0.25, -0.2) is 0 Å². The van der Waals surface area contributed by atoms with E-state index in [-0.39, 0.29) is 12.1 Å². The van der Waals surface area contributed by atoms with Crippen molar-refractivity contribution in [2.45, 2.75) is 32.0 Å². The van der Waals surface area contributed by atoms with E-state index < -0.39 is 0 Å². The van der Waals surface area contributed by atoms with E-state index >= 15 is 0 Å². The molecule has 2 aromatic carbocycles. The predicted octanol–water partition coefficient (Wildman–Crippen LogP) is 2.76. The van der Waals surface area contributed by atoms with Crippen LogP contribution in [0.4, 0.5) is 0 Å². The van der Waals surface area contributed by atoms with Crippen LogP contribution in [-0.4, -0.2) is 11.1 Å². The van der Waals surface area contributed by atoms with Gasteiger partial charge >= 0.3 is 0 Å². The summed E-state index contributed by atoms with van der Waals surface area (Å²) >= 11 is 0. The molecule has 3 rings (SSSR count). The minimum Gasteiger partial charge on any atom is -0.387 e. The first-order valence-corrected chi connectivity index (χ1v) is 6.23. The van der Waals surface area contributed by atoms with E-state index in [0.717, 1.165) is 18.5 Å². The number of rotatable bonds is 1. The van der Waals surface area contributed by atoms with Crippen molar-refractivity contribution in [3.05, 3.63) is 47.5 Å². The lowest BCUT2D eigenvalue weighted by atomic mass is 9.88. The summed E-state index contributed by atoms with van der Waals surface area (Å²) in [5.41, 5.74) is 2.34. The van der Waals surface area contributed by atoms with Gasteiger partial charge in [0.25, 0.3) is 0 Å². The average molecular weight is 227 g/mol. The molecule has 0 aliphatic carbocycles. The third-order valence-electron chi connectivity index (χ3n) is 3.76. The molecule has 2 heteroatoms. The van der Waals surface area contributed by atoms with Crippen molar-refractivity contribution >= 4 is 10.8 Å². The average Bonchev–Trinajstić information content (AvgIpc) is 2.39. The summed E-state index contributed by atoms with van der Waals surface area (Å²) in [5.74, 6) is 0. The zero-order chi connectivity index (χ0) is 11.8. The maximum absolute atomic E-state index is 10.3. The second kappa shape index (κ2) is 4.13. The number of aliphatic hydroxyl groups excluding tert-OH is 1. The molecule has 17 heavy (non-hydrogen) atoms. The third kappa shape index (κ3) is 1.65. The number of nitrogens with one attached hydrogen (secondary N) is 1. The van der Waals surface area contributed by atoms with Crippen LogP contribution in [0.15, 0.2) is 36.4 Å². The van der Waals surface area contributed by atoms with Gasteiger partial charge in [0, 0.05) is 12.6 Å². The summed E-state index contributed by atoms with van der Waals surface area (Å²) in [7, 11) is 0. The van der Waals surface area contributed by atoms with Crippen LogP contribution in [0.5, 0.6) is 0 Å². The van der Waals surface area contributed by atoms with E-state index in [9.17, 15) is 5.11 Å². The van der Waals surface area contributed by atoms with Crippen molar-refractivity contribution < 1.29 is 5.11 Å². The third-order valence-corrected chi connectivity index (χ3v) is 3.76. The Morgan fingerprint density at radius 1 is 1.24 bits per heavy atom. The van der Waals surface area contributed by atoms with E-state index in [4.69, 9.17) is 0 Å². The summed E-state index contributed by atoms with van der Waals surface area (Å²) in [5, 5.41) is 16.2. The van der Waals surface area contributed by atoms with Crippen LogP contribution in [0.1, 0.15) is 30.6 Å². The molecule has 2 aromatic rings. The van der Waals surface area contributed by atoms with Crippen LogP contribution >= 0.6 is 0 Å². The first-order valence-electron chi connectivity index (χ1n) is 6.23. The Labute approximate surface area is 101 Å². The highest BCUT2D eigenvalue weighted by molar-refractivity contribution is 5.87. The minimum absolute atomic E-state index is 0.184. The largest absolute Gasteiger partial charge is 0.387 e. The Hall–Kier alpha value is -1.38. The summed E-state index contributed by atoms with van der Waals surface area (Å²) in [6.45, 7) is 2.96. The van der Waals surface area contributed by atoms with Crippen LogP contribution < -0.4 is 5.32 Å². The van der Waals surface area contributed by atoms with Crippen molar-refractivity contribution in [2.75, 3.05) is 0 Å². The maximum atomic E-state index is 10.3. The molecule has 1 aliphatic rings. The predicted molar refractivity (Wildman–Crippen MR) is 69.8 cm³/mol. The second-order valence-corrected chi connectivity index (χ2v) is 4.69. The monoisotopic (exact) mass is 227 g/mol. The van der Waals surface area contributed by atoms with Crippen molar-refractivity contribution in [2.24, 2.45) is 0 Å². The summed E-state index contributed by atoms with van der Waals surface area (Å²) in [6, 6.07) is 12.7. The van der Waals surface area contributed by atoms with Gasteiger partial charge in [-0.15, -0.1) is 0 Å². The van der Waals surface area contributed by atoms with E-state index in [0.29, 0.717) is 0 Å². The molecular formula is C15H17NO. The molecule has 0 amide bonds. The fraction of sp³-hybridized carbons (Fsp3) is 0.333. The Morgan fingerprint density at radius 2 is 2.06 bits per heavy atom. The highest BCUT2D eigenvalue weighted by Crippen LogP contribution is 2.32. The van der Waals surface area contributed by atoms with Gasteiger partial charge in [0.2, 0.25) is 0 Å². The van der Waals surface area contributed by atoms with Crippen LogP contribution in [0.3, 0.4) is 0 Å². The summed E-state index contributed by atoms with van der Waals surface area (Å²) < 4.78 is 0. The smallest absolute Gasteiger partial charge is 0.0946 e.